The lowest BCUT2D eigenvalue weighted by Gasteiger charge is -2.33. The molecule has 2 rings (SSSR count). The molecule has 1 aliphatic carbocycles. The van der Waals surface area contributed by atoms with Crippen LogP contribution < -0.4 is 0 Å². The Hall–Kier alpha value is -0.480. The summed E-state index contributed by atoms with van der Waals surface area (Å²) in [5.41, 5.74) is 0. The zero-order chi connectivity index (χ0) is 11.7. The lowest BCUT2D eigenvalue weighted by Crippen LogP contribution is -2.37. The number of hydrogen-bond donors (Lipinski definition) is 0. The van der Waals surface area contributed by atoms with Crippen molar-refractivity contribution in [1.82, 2.24) is 4.90 Å². The summed E-state index contributed by atoms with van der Waals surface area (Å²) in [6, 6.07) is 3.40. The summed E-state index contributed by atoms with van der Waals surface area (Å²) in [6.07, 6.45) is 2.00. The first-order chi connectivity index (χ1) is 7.56. The molecule has 0 bridgehead atoms. The highest BCUT2D eigenvalue weighted by Crippen LogP contribution is 2.32. The van der Waals surface area contributed by atoms with Gasteiger partial charge in [0.25, 0.3) is 5.91 Å². The maximum atomic E-state index is 11.9. The van der Waals surface area contributed by atoms with Crippen LogP contribution in [0, 0.1) is 5.92 Å². The van der Waals surface area contributed by atoms with Gasteiger partial charge in [0.1, 0.15) is 0 Å². The summed E-state index contributed by atoms with van der Waals surface area (Å²) >= 11 is 9.08. The second-order valence-corrected chi connectivity index (χ2v) is 5.62. The number of hydrogen-bond acceptors (Lipinski definition) is 2. The number of amides is 1. The molecule has 5 heteroatoms. The third-order valence-electron chi connectivity index (χ3n) is 2.84. The molecule has 0 saturated heterocycles. The molecule has 16 heavy (non-hydrogen) atoms. The molecule has 1 saturated carbocycles. The maximum Gasteiger partial charge on any atom is 0.289 e. The van der Waals surface area contributed by atoms with E-state index >= 15 is 0 Å². The van der Waals surface area contributed by atoms with E-state index in [9.17, 15) is 4.79 Å². The summed E-state index contributed by atoms with van der Waals surface area (Å²) < 4.78 is 5.80. The van der Waals surface area contributed by atoms with Gasteiger partial charge >= 0.3 is 0 Å². The van der Waals surface area contributed by atoms with Gasteiger partial charge in [-0.05, 0) is 46.8 Å². The van der Waals surface area contributed by atoms with E-state index in [1.165, 1.54) is 0 Å². The van der Waals surface area contributed by atoms with Crippen LogP contribution in [0.2, 0.25) is 0 Å². The minimum Gasteiger partial charge on any atom is -0.444 e. The van der Waals surface area contributed by atoms with Crippen molar-refractivity contribution in [2.45, 2.75) is 18.2 Å². The number of halogens is 2. The number of rotatable bonds is 3. The van der Waals surface area contributed by atoms with Gasteiger partial charge in [-0.2, -0.15) is 0 Å². The Labute approximate surface area is 108 Å². The summed E-state index contributed by atoms with van der Waals surface area (Å²) in [7, 11) is 1.79. The topological polar surface area (TPSA) is 33.5 Å². The molecule has 0 spiro atoms. The van der Waals surface area contributed by atoms with Gasteiger partial charge in [0.2, 0.25) is 0 Å². The molecule has 88 valence electrons. The van der Waals surface area contributed by atoms with E-state index < -0.39 is 0 Å². The molecular formula is C11H13BrClNO2. The molecule has 1 amide bonds. The molecule has 0 unspecified atom stereocenters. The number of carbonyl (C=O) groups excluding carboxylic acids is 1. The minimum absolute atomic E-state index is 0.0799. The summed E-state index contributed by atoms with van der Waals surface area (Å²) in [4.78, 5) is 13.6. The second-order valence-electron chi connectivity index (χ2n) is 4.22. The van der Waals surface area contributed by atoms with Crippen LogP contribution in [0.1, 0.15) is 23.4 Å². The molecule has 0 atom stereocenters. The molecule has 1 aromatic heterocycles. The standard InChI is InChI=1S/C11H13BrClNO2/c1-14(6-7-4-8(13)5-7)11(15)9-2-3-10(12)16-9/h2-3,7-8H,4-6H2,1H3. The van der Waals surface area contributed by atoms with E-state index in [1.807, 2.05) is 0 Å². The molecule has 3 nitrogen and oxygen atoms in total. The predicted octanol–water partition coefficient (Wildman–Crippen LogP) is 3.13. The third kappa shape index (κ3) is 2.61. The molecular weight excluding hydrogens is 293 g/mol. The molecule has 1 aromatic rings. The monoisotopic (exact) mass is 305 g/mol. The van der Waals surface area contributed by atoms with Gasteiger partial charge in [-0.15, -0.1) is 11.6 Å². The lowest BCUT2D eigenvalue weighted by atomic mass is 9.84. The fraction of sp³-hybridized carbons (Fsp3) is 0.545. The van der Waals surface area contributed by atoms with Crippen molar-refractivity contribution < 1.29 is 9.21 Å². The van der Waals surface area contributed by atoms with Crippen molar-refractivity contribution in [3.63, 3.8) is 0 Å². The summed E-state index contributed by atoms with van der Waals surface area (Å²) in [5, 5.41) is 0.297. The van der Waals surface area contributed by atoms with Crippen molar-refractivity contribution in [3.05, 3.63) is 22.6 Å². The van der Waals surface area contributed by atoms with E-state index in [-0.39, 0.29) is 5.91 Å². The van der Waals surface area contributed by atoms with Gasteiger partial charge < -0.3 is 9.32 Å². The van der Waals surface area contributed by atoms with Gasteiger partial charge in [-0.3, -0.25) is 4.79 Å². The SMILES string of the molecule is CN(CC1CC(Cl)C1)C(=O)c1ccc(Br)o1. The van der Waals surface area contributed by atoms with Crippen LogP contribution in [0.15, 0.2) is 21.2 Å². The molecule has 1 aliphatic rings. The van der Waals surface area contributed by atoms with E-state index in [0.717, 1.165) is 19.4 Å². The van der Waals surface area contributed by atoms with E-state index in [4.69, 9.17) is 16.0 Å². The van der Waals surface area contributed by atoms with Gasteiger partial charge in [-0.1, -0.05) is 0 Å². The maximum absolute atomic E-state index is 11.9. The fourth-order valence-electron chi connectivity index (χ4n) is 1.89. The van der Waals surface area contributed by atoms with Crippen LogP contribution in [0.3, 0.4) is 0 Å². The van der Waals surface area contributed by atoms with Crippen molar-refractivity contribution >= 4 is 33.4 Å². The zero-order valence-corrected chi connectivity index (χ0v) is 11.3. The molecule has 1 fully saturated rings. The van der Waals surface area contributed by atoms with Gasteiger partial charge in [0.15, 0.2) is 10.4 Å². The Morgan fingerprint density at radius 2 is 2.31 bits per heavy atom. The van der Waals surface area contributed by atoms with Crippen molar-refractivity contribution in [2.24, 2.45) is 5.92 Å². The van der Waals surface area contributed by atoms with E-state index in [0.29, 0.717) is 21.7 Å². The first kappa shape index (κ1) is 12.0. The van der Waals surface area contributed by atoms with Crippen LogP contribution in [-0.2, 0) is 0 Å². The third-order valence-corrected chi connectivity index (χ3v) is 3.62. The zero-order valence-electron chi connectivity index (χ0n) is 8.95. The summed E-state index contributed by atoms with van der Waals surface area (Å²) in [6.45, 7) is 0.750. The highest BCUT2D eigenvalue weighted by molar-refractivity contribution is 9.10. The van der Waals surface area contributed by atoms with Crippen LogP contribution in [0.25, 0.3) is 0 Å². The Morgan fingerprint density at radius 1 is 1.62 bits per heavy atom. The Balaban J connectivity index is 1.89. The van der Waals surface area contributed by atoms with Crippen LogP contribution in [0.5, 0.6) is 0 Å². The number of alkyl halides is 1. The number of furan rings is 1. The number of nitrogens with zero attached hydrogens (tertiary/aromatic N) is 1. The first-order valence-electron chi connectivity index (χ1n) is 5.21. The lowest BCUT2D eigenvalue weighted by molar-refractivity contribution is 0.0714. The first-order valence-corrected chi connectivity index (χ1v) is 6.44. The van der Waals surface area contributed by atoms with Gasteiger partial charge in [0.05, 0.1) is 0 Å². The van der Waals surface area contributed by atoms with E-state index in [2.05, 4.69) is 15.9 Å². The molecule has 0 aromatic carbocycles. The van der Waals surface area contributed by atoms with Crippen LogP contribution >= 0.6 is 27.5 Å². The largest absolute Gasteiger partial charge is 0.444 e. The molecule has 0 N–H and O–H groups in total. The Morgan fingerprint density at radius 3 is 2.81 bits per heavy atom. The van der Waals surface area contributed by atoms with Gasteiger partial charge in [-0.25, -0.2) is 0 Å². The van der Waals surface area contributed by atoms with E-state index in [1.54, 1.807) is 24.1 Å². The second kappa shape index (κ2) is 4.80. The average Bonchev–Trinajstić information content (AvgIpc) is 2.61. The minimum atomic E-state index is -0.0799. The van der Waals surface area contributed by atoms with Gasteiger partial charge in [0, 0.05) is 19.0 Å². The van der Waals surface area contributed by atoms with Crippen molar-refractivity contribution in [1.29, 1.82) is 0 Å². The molecule has 1 heterocycles. The van der Waals surface area contributed by atoms with Crippen LogP contribution in [0.4, 0.5) is 0 Å². The quantitative estimate of drug-likeness (QED) is 0.804. The Bertz CT molecular complexity index is 387. The smallest absolute Gasteiger partial charge is 0.289 e. The molecule has 0 radical (unpaired) electrons. The number of carbonyl (C=O) groups is 1. The normalized spacial score (nSPS) is 23.9. The highest BCUT2D eigenvalue weighted by Gasteiger charge is 2.29. The fourth-order valence-corrected chi connectivity index (χ4v) is 2.70. The van der Waals surface area contributed by atoms with Crippen molar-refractivity contribution in [3.8, 4) is 0 Å². The van der Waals surface area contributed by atoms with Crippen LogP contribution in [-0.4, -0.2) is 29.8 Å². The van der Waals surface area contributed by atoms with Crippen molar-refractivity contribution in [2.75, 3.05) is 13.6 Å². The Kier molecular flexibility index (Phi) is 3.60. The highest BCUT2D eigenvalue weighted by atomic mass is 79.9. The molecule has 0 aliphatic heterocycles. The summed E-state index contributed by atoms with van der Waals surface area (Å²) in [5.74, 6) is 0.828. The average molecular weight is 307 g/mol. The predicted molar refractivity (Wildman–Crippen MR) is 65.7 cm³/mol.